The smallest absolute Gasteiger partial charge is 0.143 e. The molecule has 7 aromatic carbocycles. The Bertz CT molecular complexity index is 2420. The van der Waals surface area contributed by atoms with E-state index < -0.39 is 0 Å². The number of nitrogens with zero attached hydrogens (tertiary/aromatic N) is 1. The summed E-state index contributed by atoms with van der Waals surface area (Å²) in [5, 5.41) is 4.75. The van der Waals surface area contributed by atoms with Gasteiger partial charge in [-0.1, -0.05) is 127 Å². The zero-order valence-electron chi connectivity index (χ0n) is 23.9. The van der Waals surface area contributed by atoms with Gasteiger partial charge in [0.05, 0.1) is 11.0 Å². The molecule has 9 rings (SSSR count). The van der Waals surface area contributed by atoms with Crippen LogP contribution in [0.5, 0.6) is 0 Å². The normalized spacial score (nSPS) is 11.6. The zero-order valence-corrected chi connectivity index (χ0v) is 23.9. The molecule has 44 heavy (non-hydrogen) atoms. The molecule has 0 atom stereocenters. The standard InChI is InChI=1S/C42H27NO/c1-3-12-28(13-4-1)31-24-32(29-14-5-2-6-15-29)26-33(25-31)43-39-20-9-7-16-35(39)36-23-22-30(27-40(36)43)34-18-11-19-38-37-17-8-10-21-41(37)44-42(34)38/h1-27H. The maximum absolute atomic E-state index is 6.45. The number of hydrogen-bond donors (Lipinski definition) is 0. The average molecular weight is 562 g/mol. The maximum Gasteiger partial charge on any atom is 0.143 e. The van der Waals surface area contributed by atoms with E-state index in [9.17, 15) is 0 Å². The van der Waals surface area contributed by atoms with Crippen molar-refractivity contribution in [2.75, 3.05) is 0 Å². The summed E-state index contributed by atoms with van der Waals surface area (Å²) in [7, 11) is 0. The molecule has 0 radical (unpaired) electrons. The molecule has 2 aromatic heterocycles. The summed E-state index contributed by atoms with van der Waals surface area (Å²) in [6, 6.07) is 58.5. The summed E-state index contributed by atoms with van der Waals surface area (Å²) >= 11 is 0. The minimum absolute atomic E-state index is 0.913. The lowest BCUT2D eigenvalue weighted by molar-refractivity contribution is 0.670. The van der Waals surface area contributed by atoms with Crippen LogP contribution in [0, 0.1) is 0 Å². The van der Waals surface area contributed by atoms with Crippen molar-refractivity contribution in [2.45, 2.75) is 0 Å². The number of aromatic nitrogens is 1. The van der Waals surface area contributed by atoms with Crippen LogP contribution < -0.4 is 0 Å². The molecule has 0 aliphatic carbocycles. The van der Waals surface area contributed by atoms with Gasteiger partial charge in [0.2, 0.25) is 0 Å². The SMILES string of the molecule is c1ccc(-c2cc(-c3ccccc3)cc(-n3c4ccccc4c4ccc(-c5cccc6c5oc5ccccc56)cc43)c2)cc1. The average Bonchev–Trinajstić information content (AvgIpc) is 3.64. The van der Waals surface area contributed by atoms with Gasteiger partial charge in [-0.15, -0.1) is 0 Å². The third-order valence-electron chi connectivity index (χ3n) is 8.78. The van der Waals surface area contributed by atoms with Crippen molar-refractivity contribution in [1.29, 1.82) is 0 Å². The molecule has 0 N–H and O–H groups in total. The molecule has 2 heterocycles. The first kappa shape index (κ1) is 24.7. The first-order valence-electron chi connectivity index (χ1n) is 15.0. The largest absolute Gasteiger partial charge is 0.455 e. The van der Waals surface area contributed by atoms with Gasteiger partial charge in [0.1, 0.15) is 11.2 Å². The van der Waals surface area contributed by atoms with Gasteiger partial charge in [-0.2, -0.15) is 0 Å². The van der Waals surface area contributed by atoms with Crippen molar-refractivity contribution in [3.63, 3.8) is 0 Å². The van der Waals surface area contributed by atoms with Crippen LogP contribution in [0.4, 0.5) is 0 Å². The van der Waals surface area contributed by atoms with Gasteiger partial charge in [0.25, 0.3) is 0 Å². The van der Waals surface area contributed by atoms with Gasteiger partial charge < -0.3 is 8.98 Å². The summed E-state index contributed by atoms with van der Waals surface area (Å²) in [6.45, 7) is 0. The summed E-state index contributed by atoms with van der Waals surface area (Å²) in [5.74, 6) is 0. The van der Waals surface area contributed by atoms with Crippen LogP contribution >= 0.6 is 0 Å². The highest BCUT2D eigenvalue weighted by molar-refractivity contribution is 6.13. The molecule has 0 aliphatic rings. The van der Waals surface area contributed by atoms with Gasteiger partial charge in [0, 0.05) is 32.8 Å². The van der Waals surface area contributed by atoms with E-state index >= 15 is 0 Å². The number of benzene rings is 7. The van der Waals surface area contributed by atoms with E-state index in [-0.39, 0.29) is 0 Å². The number of fused-ring (bicyclic) bond motifs is 6. The second kappa shape index (κ2) is 9.86. The molecule has 2 heteroatoms. The van der Waals surface area contributed by atoms with Gasteiger partial charge >= 0.3 is 0 Å². The van der Waals surface area contributed by atoms with Crippen molar-refractivity contribution >= 4 is 43.7 Å². The molecule has 9 aromatic rings. The molecule has 0 saturated carbocycles. The molecule has 0 unspecified atom stereocenters. The molecule has 0 bridgehead atoms. The molecule has 0 fully saturated rings. The van der Waals surface area contributed by atoms with Crippen LogP contribution in [-0.4, -0.2) is 4.57 Å². The molecule has 206 valence electrons. The fourth-order valence-electron chi connectivity index (χ4n) is 6.73. The fraction of sp³-hybridized carbons (Fsp3) is 0. The van der Waals surface area contributed by atoms with E-state index in [1.54, 1.807) is 0 Å². The van der Waals surface area contributed by atoms with Crippen LogP contribution in [0.1, 0.15) is 0 Å². The molecule has 0 amide bonds. The Morgan fingerprint density at radius 1 is 0.364 bits per heavy atom. The number of furan rings is 1. The summed E-state index contributed by atoms with van der Waals surface area (Å²) < 4.78 is 8.87. The van der Waals surface area contributed by atoms with E-state index in [1.807, 2.05) is 12.1 Å². The van der Waals surface area contributed by atoms with Gasteiger partial charge in [-0.3, -0.25) is 0 Å². The van der Waals surface area contributed by atoms with Gasteiger partial charge in [-0.05, 0) is 64.2 Å². The summed E-state index contributed by atoms with van der Waals surface area (Å²) in [6.07, 6.45) is 0. The zero-order chi connectivity index (χ0) is 29.0. The predicted molar refractivity (Wildman–Crippen MR) is 184 cm³/mol. The first-order chi connectivity index (χ1) is 21.8. The second-order valence-corrected chi connectivity index (χ2v) is 11.4. The Morgan fingerprint density at radius 3 is 1.73 bits per heavy atom. The molecule has 0 saturated heterocycles. The molecule has 0 spiro atoms. The van der Waals surface area contributed by atoms with E-state index in [4.69, 9.17) is 4.42 Å². The third kappa shape index (κ3) is 3.89. The van der Waals surface area contributed by atoms with Crippen LogP contribution in [0.15, 0.2) is 168 Å². The predicted octanol–water partition coefficient (Wildman–Crippen LogP) is 11.7. The van der Waals surface area contributed by atoms with Crippen molar-refractivity contribution in [2.24, 2.45) is 0 Å². The number of para-hydroxylation sites is 3. The van der Waals surface area contributed by atoms with Crippen molar-refractivity contribution in [3.8, 4) is 39.1 Å². The Hall–Kier alpha value is -5.86. The van der Waals surface area contributed by atoms with Crippen LogP contribution in [0.25, 0.3) is 82.8 Å². The molecule has 0 aliphatic heterocycles. The Balaban J connectivity index is 1.33. The molecular formula is C42H27NO. The van der Waals surface area contributed by atoms with Crippen LogP contribution in [0.3, 0.4) is 0 Å². The van der Waals surface area contributed by atoms with E-state index in [0.29, 0.717) is 0 Å². The maximum atomic E-state index is 6.45. The highest BCUT2D eigenvalue weighted by atomic mass is 16.3. The lowest BCUT2D eigenvalue weighted by atomic mass is 9.98. The first-order valence-corrected chi connectivity index (χ1v) is 15.0. The minimum atomic E-state index is 0.913. The van der Waals surface area contributed by atoms with E-state index in [0.717, 1.165) is 38.8 Å². The lowest BCUT2D eigenvalue weighted by Gasteiger charge is -2.14. The summed E-state index contributed by atoms with van der Waals surface area (Å²) in [4.78, 5) is 0. The fourth-order valence-corrected chi connectivity index (χ4v) is 6.73. The number of hydrogen-bond acceptors (Lipinski definition) is 1. The topological polar surface area (TPSA) is 18.1 Å². The lowest BCUT2D eigenvalue weighted by Crippen LogP contribution is -1.96. The number of rotatable bonds is 4. The van der Waals surface area contributed by atoms with Crippen molar-refractivity contribution < 1.29 is 4.42 Å². The Kier molecular flexibility index (Phi) is 5.54. The van der Waals surface area contributed by atoms with Crippen molar-refractivity contribution in [3.05, 3.63) is 164 Å². The monoisotopic (exact) mass is 561 g/mol. The molecule has 2 nitrogen and oxygen atoms in total. The molecular weight excluding hydrogens is 534 g/mol. The van der Waals surface area contributed by atoms with Gasteiger partial charge in [0.15, 0.2) is 0 Å². The quantitative estimate of drug-likeness (QED) is 0.209. The second-order valence-electron chi connectivity index (χ2n) is 11.4. The van der Waals surface area contributed by atoms with Gasteiger partial charge in [-0.25, -0.2) is 0 Å². The minimum Gasteiger partial charge on any atom is -0.455 e. The van der Waals surface area contributed by atoms with Crippen LogP contribution in [-0.2, 0) is 0 Å². The van der Waals surface area contributed by atoms with E-state index in [2.05, 4.69) is 156 Å². The highest BCUT2D eigenvalue weighted by Gasteiger charge is 2.17. The Morgan fingerprint density at radius 2 is 0.977 bits per heavy atom. The third-order valence-corrected chi connectivity index (χ3v) is 8.78. The van der Waals surface area contributed by atoms with Crippen LogP contribution in [0.2, 0.25) is 0 Å². The van der Waals surface area contributed by atoms with E-state index in [1.165, 1.54) is 44.1 Å². The summed E-state index contributed by atoms with van der Waals surface area (Å²) in [5.41, 5.74) is 12.3. The van der Waals surface area contributed by atoms with Crippen molar-refractivity contribution in [1.82, 2.24) is 4.57 Å². The Labute approximate surface area is 255 Å². The highest BCUT2D eigenvalue weighted by Crippen LogP contribution is 2.40.